The molecule has 27 heavy (non-hydrogen) atoms. The van der Waals surface area contributed by atoms with Crippen molar-refractivity contribution in [3.8, 4) is 17.1 Å². The second-order valence-corrected chi connectivity index (χ2v) is 6.93. The van der Waals surface area contributed by atoms with Crippen LogP contribution in [0.25, 0.3) is 17.1 Å². The molecule has 2 aromatic carbocycles. The highest BCUT2D eigenvalue weighted by atomic mass is 16.2. The van der Waals surface area contributed by atoms with Gasteiger partial charge in [0.25, 0.3) is 5.91 Å². The molecule has 1 aliphatic rings. The third-order valence-corrected chi connectivity index (χ3v) is 5.19. The van der Waals surface area contributed by atoms with Crippen LogP contribution < -0.4 is 0 Å². The molecular weight excluding hydrogens is 336 g/mol. The lowest BCUT2D eigenvalue weighted by molar-refractivity contribution is 0.0595. The summed E-state index contributed by atoms with van der Waals surface area (Å²) in [5, 5.41) is 4.62. The lowest BCUT2D eigenvalue weighted by Crippen LogP contribution is -2.43. The van der Waals surface area contributed by atoms with Crippen molar-refractivity contribution in [2.45, 2.75) is 38.6 Å². The first-order valence-corrected chi connectivity index (χ1v) is 9.67. The Bertz CT molecular complexity index is 848. The number of rotatable bonds is 4. The molecule has 1 aliphatic heterocycles. The van der Waals surface area contributed by atoms with Crippen LogP contribution in [0.1, 0.15) is 43.2 Å². The van der Waals surface area contributed by atoms with Crippen LogP contribution >= 0.6 is 0 Å². The molecule has 1 unspecified atom stereocenters. The Hall–Kier alpha value is -2.95. The first-order chi connectivity index (χ1) is 13.3. The maximum Gasteiger partial charge on any atom is 0.293 e. The maximum absolute atomic E-state index is 13.2. The monoisotopic (exact) mass is 360 g/mol. The van der Waals surface area contributed by atoms with Crippen LogP contribution in [0, 0.1) is 0 Å². The standard InChI is InChI=1S/C22H24N4O/c1-2-18-13-9-10-16-25(18)22(27)20-23-21(17-11-5-3-6-12-17)26(24-20)19-14-7-4-8-15-19/h3-8,11-12,14-15,18H,2,9-10,13,16H2,1H3. The van der Waals surface area contributed by atoms with E-state index in [1.807, 2.05) is 65.6 Å². The van der Waals surface area contributed by atoms with Gasteiger partial charge in [-0.25, -0.2) is 9.67 Å². The number of piperidine rings is 1. The molecule has 1 atom stereocenters. The van der Waals surface area contributed by atoms with Gasteiger partial charge in [-0.1, -0.05) is 55.5 Å². The van der Waals surface area contributed by atoms with Gasteiger partial charge in [-0.15, -0.1) is 5.10 Å². The van der Waals surface area contributed by atoms with Crippen molar-refractivity contribution < 1.29 is 4.79 Å². The van der Waals surface area contributed by atoms with Crippen molar-refractivity contribution in [2.75, 3.05) is 6.54 Å². The van der Waals surface area contributed by atoms with E-state index in [9.17, 15) is 4.79 Å². The van der Waals surface area contributed by atoms with E-state index >= 15 is 0 Å². The number of nitrogens with zero attached hydrogens (tertiary/aromatic N) is 4. The summed E-state index contributed by atoms with van der Waals surface area (Å²) in [5.41, 5.74) is 1.84. The molecule has 4 rings (SSSR count). The van der Waals surface area contributed by atoms with Gasteiger partial charge >= 0.3 is 0 Å². The molecule has 1 amide bonds. The zero-order valence-corrected chi connectivity index (χ0v) is 15.6. The maximum atomic E-state index is 13.2. The highest BCUT2D eigenvalue weighted by Gasteiger charge is 2.29. The van der Waals surface area contributed by atoms with E-state index in [-0.39, 0.29) is 17.8 Å². The van der Waals surface area contributed by atoms with Gasteiger partial charge in [0, 0.05) is 18.2 Å². The van der Waals surface area contributed by atoms with Crippen molar-refractivity contribution >= 4 is 5.91 Å². The van der Waals surface area contributed by atoms with E-state index < -0.39 is 0 Å². The van der Waals surface area contributed by atoms with E-state index in [1.54, 1.807) is 4.68 Å². The van der Waals surface area contributed by atoms with Crippen LogP contribution in [0.5, 0.6) is 0 Å². The second-order valence-electron chi connectivity index (χ2n) is 6.93. The summed E-state index contributed by atoms with van der Waals surface area (Å²) < 4.78 is 1.77. The highest BCUT2D eigenvalue weighted by Crippen LogP contribution is 2.24. The molecule has 2 heterocycles. The molecule has 0 saturated carbocycles. The first kappa shape index (κ1) is 17.5. The normalized spacial score (nSPS) is 17.1. The van der Waals surface area contributed by atoms with Gasteiger partial charge in [0.2, 0.25) is 5.82 Å². The fraction of sp³-hybridized carbons (Fsp3) is 0.318. The van der Waals surface area contributed by atoms with Gasteiger partial charge in [-0.2, -0.15) is 0 Å². The third-order valence-electron chi connectivity index (χ3n) is 5.19. The zero-order valence-electron chi connectivity index (χ0n) is 15.6. The van der Waals surface area contributed by atoms with E-state index in [2.05, 4.69) is 17.0 Å². The summed E-state index contributed by atoms with van der Waals surface area (Å²) in [7, 11) is 0. The number of amides is 1. The lowest BCUT2D eigenvalue weighted by atomic mass is 10.00. The van der Waals surface area contributed by atoms with E-state index in [4.69, 9.17) is 0 Å². The topological polar surface area (TPSA) is 51.0 Å². The first-order valence-electron chi connectivity index (χ1n) is 9.67. The number of carbonyl (C=O) groups excluding carboxylic acids is 1. The largest absolute Gasteiger partial charge is 0.333 e. The van der Waals surface area contributed by atoms with Crippen LogP contribution in [0.3, 0.4) is 0 Å². The zero-order chi connectivity index (χ0) is 18.6. The Morgan fingerprint density at radius 2 is 1.74 bits per heavy atom. The highest BCUT2D eigenvalue weighted by molar-refractivity contribution is 5.91. The number of likely N-dealkylation sites (tertiary alicyclic amines) is 1. The Morgan fingerprint density at radius 1 is 1.04 bits per heavy atom. The summed E-state index contributed by atoms with van der Waals surface area (Å²) in [5.74, 6) is 0.904. The molecule has 5 nitrogen and oxygen atoms in total. The van der Waals surface area contributed by atoms with Gasteiger partial charge in [0.1, 0.15) is 0 Å². The molecule has 138 valence electrons. The summed E-state index contributed by atoms with van der Waals surface area (Å²) in [6.45, 7) is 2.93. The fourth-order valence-electron chi connectivity index (χ4n) is 3.75. The molecule has 0 radical (unpaired) electrons. The van der Waals surface area contributed by atoms with Gasteiger partial charge < -0.3 is 4.90 Å². The fourth-order valence-corrected chi connectivity index (χ4v) is 3.75. The molecule has 1 aromatic heterocycles. The summed E-state index contributed by atoms with van der Waals surface area (Å²) in [6, 6.07) is 20.0. The number of aromatic nitrogens is 3. The minimum Gasteiger partial charge on any atom is -0.333 e. The molecule has 5 heteroatoms. The smallest absolute Gasteiger partial charge is 0.293 e. The van der Waals surface area contributed by atoms with E-state index in [0.717, 1.165) is 37.1 Å². The molecular formula is C22H24N4O. The molecule has 3 aromatic rings. The minimum atomic E-state index is -0.0617. The molecule has 1 fully saturated rings. The van der Waals surface area contributed by atoms with Crippen molar-refractivity contribution in [3.63, 3.8) is 0 Å². The van der Waals surface area contributed by atoms with Crippen molar-refractivity contribution in [1.29, 1.82) is 0 Å². The molecule has 1 saturated heterocycles. The molecule has 0 aliphatic carbocycles. The van der Waals surface area contributed by atoms with Crippen LogP contribution in [0.2, 0.25) is 0 Å². The predicted octanol–water partition coefficient (Wildman–Crippen LogP) is 4.34. The van der Waals surface area contributed by atoms with Gasteiger partial charge in [-0.05, 0) is 37.8 Å². The van der Waals surface area contributed by atoms with E-state index in [0.29, 0.717) is 5.82 Å². The number of benzene rings is 2. The number of hydrogen-bond acceptors (Lipinski definition) is 3. The second kappa shape index (κ2) is 7.74. The number of carbonyl (C=O) groups is 1. The van der Waals surface area contributed by atoms with Crippen LogP contribution in [0.4, 0.5) is 0 Å². The van der Waals surface area contributed by atoms with E-state index in [1.165, 1.54) is 6.42 Å². The Morgan fingerprint density at radius 3 is 2.44 bits per heavy atom. The average Bonchev–Trinajstić information content (AvgIpc) is 3.20. The summed E-state index contributed by atoms with van der Waals surface area (Å²) in [6.07, 6.45) is 4.26. The Balaban J connectivity index is 1.76. The SMILES string of the molecule is CCC1CCCCN1C(=O)c1nc(-c2ccccc2)n(-c2ccccc2)n1. The van der Waals surface area contributed by atoms with Crippen LogP contribution in [0.15, 0.2) is 60.7 Å². The number of hydrogen-bond donors (Lipinski definition) is 0. The van der Waals surface area contributed by atoms with Crippen molar-refractivity contribution in [1.82, 2.24) is 19.7 Å². The quantitative estimate of drug-likeness (QED) is 0.695. The molecule has 0 bridgehead atoms. The Labute approximate surface area is 159 Å². The van der Waals surface area contributed by atoms with Crippen molar-refractivity contribution in [2.24, 2.45) is 0 Å². The third kappa shape index (κ3) is 3.50. The minimum absolute atomic E-state index is 0.0617. The van der Waals surface area contributed by atoms with Gasteiger partial charge in [-0.3, -0.25) is 4.79 Å². The van der Waals surface area contributed by atoms with Gasteiger partial charge in [0.05, 0.1) is 5.69 Å². The summed E-state index contributed by atoms with van der Waals surface area (Å²) in [4.78, 5) is 19.8. The number of para-hydroxylation sites is 1. The molecule has 0 N–H and O–H groups in total. The van der Waals surface area contributed by atoms with Crippen LogP contribution in [-0.2, 0) is 0 Å². The van der Waals surface area contributed by atoms with Crippen molar-refractivity contribution in [3.05, 3.63) is 66.5 Å². The molecule has 0 spiro atoms. The Kier molecular flexibility index (Phi) is 5.01. The van der Waals surface area contributed by atoms with Gasteiger partial charge in [0.15, 0.2) is 5.82 Å². The average molecular weight is 360 g/mol. The lowest BCUT2D eigenvalue weighted by Gasteiger charge is -2.34. The predicted molar refractivity (Wildman–Crippen MR) is 106 cm³/mol. The van der Waals surface area contributed by atoms with Crippen LogP contribution in [-0.4, -0.2) is 38.2 Å². The summed E-state index contributed by atoms with van der Waals surface area (Å²) >= 11 is 0.